The first-order valence-corrected chi connectivity index (χ1v) is 7.27. The van der Waals surface area contributed by atoms with Crippen LogP contribution in [0, 0.1) is 5.82 Å². The van der Waals surface area contributed by atoms with E-state index in [-0.39, 0.29) is 28.7 Å². The molecule has 1 aromatic carbocycles. The van der Waals surface area contributed by atoms with Crippen LogP contribution in [0.5, 0.6) is 0 Å². The van der Waals surface area contributed by atoms with E-state index in [4.69, 9.17) is 0 Å². The number of aromatic nitrogens is 4. The largest absolute Gasteiger partial charge is 0.451 e. The van der Waals surface area contributed by atoms with Crippen LogP contribution in [0.1, 0.15) is 18.7 Å². The van der Waals surface area contributed by atoms with Crippen LogP contribution in [0.3, 0.4) is 0 Å². The van der Waals surface area contributed by atoms with Crippen LogP contribution in [-0.4, -0.2) is 25.6 Å². The van der Waals surface area contributed by atoms with E-state index in [9.17, 15) is 17.6 Å². The fraction of sp³-hybridized carbons (Fsp3) is 0.267. The number of halogens is 4. The number of benzene rings is 1. The standard InChI is InChI=1S/C15H11F4N5/c16-9-3-1-2-4-10(9)24-7-20-11-12(21-8-5-6-8)22-14(15(17,18)19)23-13(11)24/h1-4,7-8H,5-6H2,(H,21,22,23). The van der Waals surface area contributed by atoms with Crippen molar-refractivity contribution in [3.05, 3.63) is 42.2 Å². The van der Waals surface area contributed by atoms with E-state index in [1.165, 1.54) is 29.1 Å². The Morgan fingerprint density at radius 1 is 1.12 bits per heavy atom. The first-order valence-electron chi connectivity index (χ1n) is 7.27. The first kappa shape index (κ1) is 14.9. The van der Waals surface area contributed by atoms with E-state index < -0.39 is 17.8 Å². The Hall–Kier alpha value is -2.71. The van der Waals surface area contributed by atoms with Crippen molar-refractivity contribution < 1.29 is 17.6 Å². The third kappa shape index (κ3) is 2.55. The van der Waals surface area contributed by atoms with Gasteiger partial charge in [0.15, 0.2) is 17.0 Å². The third-order valence-electron chi connectivity index (χ3n) is 3.68. The molecule has 0 bridgehead atoms. The van der Waals surface area contributed by atoms with Crippen molar-refractivity contribution in [2.75, 3.05) is 5.32 Å². The van der Waals surface area contributed by atoms with Gasteiger partial charge in [-0.15, -0.1) is 0 Å². The summed E-state index contributed by atoms with van der Waals surface area (Å²) in [6, 6.07) is 5.83. The summed E-state index contributed by atoms with van der Waals surface area (Å²) >= 11 is 0. The lowest BCUT2D eigenvalue weighted by molar-refractivity contribution is -0.144. The molecule has 0 spiro atoms. The van der Waals surface area contributed by atoms with Gasteiger partial charge in [-0.3, -0.25) is 4.57 Å². The molecular weight excluding hydrogens is 326 g/mol. The first-order chi connectivity index (χ1) is 11.4. The van der Waals surface area contributed by atoms with E-state index in [0.29, 0.717) is 0 Å². The monoisotopic (exact) mass is 337 g/mol. The molecule has 0 aliphatic heterocycles. The molecule has 0 atom stereocenters. The van der Waals surface area contributed by atoms with Gasteiger partial charge in [0.2, 0.25) is 5.82 Å². The van der Waals surface area contributed by atoms with Crippen molar-refractivity contribution in [2.45, 2.75) is 25.1 Å². The van der Waals surface area contributed by atoms with Crippen LogP contribution < -0.4 is 5.32 Å². The SMILES string of the molecule is Fc1ccccc1-n1cnc2c(NC3CC3)nc(C(F)(F)F)nc21. The second-order valence-electron chi connectivity index (χ2n) is 5.55. The smallest absolute Gasteiger partial charge is 0.365 e. The fourth-order valence-corrected chi connectivity index (χ4v) is 2.37. The molecule has 2 aromatic heterocycles. The molecule has 24 heavy (non-hydrogen) atoms. The van der Waals surface area contributed by atoms with Gasteiger partial charge in [-0.1, -0.05) is 12.1 Å². The van der Waals surface area contributed by atoms with E-state index in [0.717, 1.165) is 12.8 Å². The number of para-hydroxylation sites is 1. The molecule has 124 valence electrons. The maximum absolute atomic E-state index is 14.0. The van der Waals surface area contributed by atoms with Crippen LogP contribution in [-0.2, 0) is 6.18 Å². The predicted octanol–water partition coefficient (Wildman–Crippen LogP) is 3.55. The summed E-state index contributed by atoms with van der Waals surface area (Å²) in [6.45, 7) is 0. The minimum absolute atomic E-state index is 0.0184. The van der Waals surface area contributed by atoms with Crippen molar-refractivity contribution in [3.8, 4) is 5.69 Å². The zero-order valence-electron chi connectivity index (χ0n) is 12.2. The number of imidazole rings is 1. The molecule has 9 heteroatoms. The van der Waals surface area contributed by atoms with Gasteiger partial charge >= 0.3 is 6.18 Å². The zero-order valence-corrected chi connectivity index (χ0v) is 12.2. The van der Waals surface area contributed by atoms with Gasteiger partial charge in [-0.2, -0.15) is 13.2 Å². The lowest BCUT2D eigenvalue weighted by Gasteiger charge is -2.11. The average molecular weight is 337 g/mol. The maximum atomic E-state index is 14.0. The molecule has 1 fully saturated rings. The van der Waals surface area contributed by atoms with Crippen LogP contribution in [0.25, 0.3) is 16.9 Å². The number of nitrogens with zero attached hydrogens (tertiary/aromatic N) is 4. The second-order valence-corrected chi connectivity index (χ2v) is 5.55. The van der Waals surface area contributed by atoms with Gasteiger partial charge in [0.05, 0.1) is 5.69 Å². The van der Waals surface area contributed by atoms with Gasteiger partial charge in [-0.25, -0.2) is 19.3 Å². The van der Waals surface area contributed by atoms with Crippen LogP contribution in [0.4, 0.5) is 23.4 Å². The number of nitrogens with one attached hydrogen (secondary N) is 1. The van der Waals surface area contributed by atoms with Crippen LogP contribution in [0.15, 0.2) is 30.6 Å². The highest BCUT2D eigenvalue weighted by Crippen LogP contribution is 2.33. The Morgan fingerprint density at radius 2 is 1.88 bits per heavy atom. The Kier molecular flexibility index (Phi) is 3.19. The summed E-state index contributed by atoms with van der Waals surface area (Å²) in [5.74, 6) is -1.85. The molecule has 3 aromatic rings. The molecule has 0 unspecified atom stereocenters. The Balaban J connectivity index is 1.95. The highest BCUT2D eigenvalue weighted by Gasteiger charge is 2.37. The van der Waals surface area contributed by atoms with Gasteiger partial charge < -0.3 is 5.32 Å². The van der Waals surface area contributed by atoms with E-state index in [1.807, 2.05) is 0 Å². The lowest BCUT2D eigenvalue weighted by atomic mass is 10.3. The lowest BCUT2D eigenvalue weighted by Crippen LogP contribution is -2.15. The Labute approximate surface area is 133 Å². The molecule has 1 aliphatic carbocycles. The van der Waals surface area contributed by atoms with Gasteiger partial charge in [0.25, 0.3) is 0 Å². The zero-order chi connectivity index (χ0) is 16.9. The van der Waals surface area contributed by atoms with Crippen molar-refractivity contribution >= 4 is 17.0 Å². The quantitative estimate of drug-likeness (QED) is 0.743. The van der Waals surface area contributed by atoms with Crippen molar-refractivity contribution in [1.82, 2.24) is 19.5 Å². The Morgan fingerprint density at radius 3 is 2.54 bits per heavy atom. The third-order valence-corrected chi connectivity index (χ3v) is 3.68. The molecule has 1 saturated carbocycles. The Bertz CT molecular complexity index is 914. The molecular formula is C15H11F4N5. The number of fused-ring (bicyclic) bond motifs is 1. The summed E-state index contributed by atoms with van der Waals surface area (Å²) in [5.41, 5.74) is 0.160. The average Bonchev–Trinajstić information content (AvgIpc) is 3.23. The maximum Gasteiger partial charge on any atom is 0.451 e. The topological polar surface area (TPSA) is 55.6 Å². The number of hydrogen-bond acceptors (Lipinski definition) is 4. The van der Waals surface area contributed by atoms with Crippen LogP contribution in [0.2, 0.25) is 0 Å². The predicted molar refractivity (Wildman–Crippen MR) is 78.3 cm³/mol. The number of alkyl halides is 3. The summed E-state index contributed by atoms with van der Waals surface area (Å²) in [4.78, 5) is 11.2. The van der Waals surface area contributed by atoms with Gasteiger partial charge in [0, 0.05) is 6.04 Å². The van der Waals surface area contributed by atoms with E-state index in [1.54, 1.807) is 6.07 Å². The molecule has 0 saturated heterocycles. The number of rotatable bonds is 3. The normalized spacial score (nSPS) is 15.0. The summed E-state index contributed by atoms with van der Waals surface area (Å²) in [6.07, 6.45) is -1.74. The molecule has 1 N–H and O–H groups in total. The molecule has 1 aliphatic rings. The number of hydrogen-bond donors (Lipinski definition) is 1. The van der Waals surface area contributed by atoms with Crippen molar-refractivity contribution in [1.29, 1.82) is 0 Å². The van der Waals surface area contributed by atoms with E-state index >= 15 is 0 Å². The number of anilines is 1. The molecule has 0 amide bonds. The fourth-order valence-electron chi connectivity index (χ4n) is 2.37. The highest BCUT2D eigenvalue weighted by molar-refractivity contribution is 5.84. The minimum atomic E-state index is -4.71. The minimum Gasteiger partial charge on any atom is -0.365 e. The summed E-state index contributed by atoms with van der Waals surface area (Å²) < 4.78 is 54.5. The molecule has 0 radical (unpaired) electrons. The highest BCUT2D eigenvalue weighted by atomic mass is 19.4. The summed E-state index contributed by atoms with van der Waals surface area (Å²) in [7, 11) is 0. The van der Waals surface area contributed by atoms with Crippen molar-refractivity contribution in [2.24, 2.45) is 0 Å². The summed E-state index contributed by atoms with van der Waals surface area (Å²) in [5, 5.41) is 2.93. The molecule has 5 nitrogen and oxygen atoms in total. The molecule has 4 rings (SSSR count). The van der Waals surface area contributed by atoms with Crippen molar-refractivity contribution in [3.63, 3.8) is 0 Å². The van der Waals surface area contributed by atoms with Gasteiger partial charge in [-0.05, 0) is 25.0 Å². The van der Waals surface area contributed by atoms with Crippen LogP contribution >= 0.6 is 0 Å². The molecule has 2 heterocycles. The second kappa shape index (κ2) is 5.15. The van der Waals surface area contributed by atoms with Gasteiger partial charge in [0.1, 0.15) is 12.1 Å². The van der Waals surface area contributed by atoms with E-state index in [2.05, 4.69) is 20.3 Å².